The molecule has 1 heterocycles. The molecule has 0 spiro atoms. The molecule has 0 aliphatic carbocycles. The molecule has 27 heavy (non-hydrogen) atoms. The van der Waals surface area contributed by atoms with Crippen LogP contribution in [0.4, 0.5) is 0 Å². The van der Waals surface area contributed by atoms with Crippen LogP contribution in [-0.2, 0) is 38.8 Å². The number of benzene rings is 1. The van der Waals surface area contributed by atoms with Gasteiger partial charge in [0.25, 0.3) is 5.56 Å². The van der Waals surface area contributed by atoms with Gasteiger partial charge in [-0.05, 0) is 26.3 Å². The molecule has 1 aromatic heterocycles. The van der Waals surface area contributed by atoms with Gasteiger partial charge in [0.1, 0.15) is 25.3 Å². The molecule has 0 aliphatic rings. The summed E-state index contributed by atoms with van der Waals surface area (Å²) in [4.78, 5) is 48.2. The maximum Gasteiger partial charge on any atom is 0.332 e. The lowest BCUT2D eigenvalue weighted by Gasteiger charge is -2.19. The van der Waals surface area contributed by atoms with Crippen molar-refractivity contribution in [2.75, 3.05) is 0 Å². The summed E-state index contributed by atoms with van der Waals surface area (Å²) in [5.41, 5.74) is -1.37. The second kappa shape index (κ2) is 8.48. The van der Waals surface area contributed by atoms with Crippen molar-refractivity contribution in [3.05, 3.63) is 69.0 Å². The van der Waals surface area contributed by atoms with Gasteiger partial charge in [0, 0.05) is 12.3 Å². The van der Waals surface area contributed by atoms with Crippen LogP contribution in [0.25, 0.3) is 0 Å². The second-order valence-corrected chi connectivity index (χ2v) is 6.88. The Labute approximate surface area is 156 Å². The fourth-order valence-corrected chi connectivity index (χ4v) is 2.25. The lowest BCUT2D eigenvalue weighted by Crippen LogP contribution is -2.42. The van der Waals surface area contributed by atoms with Crippen LogP contribution in [0.5, 0.6) is 0 Å². The van der Waals surface area contributed by atoms with Crippen molar-refractivity contribution in [1.29, 1.82) is 0 Å². The Hall–Kier alpha value is -3.16. The molecule has 0 atom stereocenters. The minimum atomic E-state index is -0.787. The third kappa shape index (κ3) is 6.25. The van der Waals surface area contributed by atoms with Gasteiger partial charge < -0.3 is 9.47 Å². The number of rotatable bonds is 6. The Morgan fingerprint density at radius 3 is 2.26 bits per heavy atom. The third-order valence-electron chi connectivity index (χ3n) is 3.39. The highest BCUT2D eigenvalue weighted by Gasteiger charge is 2.19. The van der Waals surface area contributed by atoms with Gasteiger partial charge in [-0.1, -0.05) is 30.3 Å². The van der Waals surface area contributed by atoms with E-state index in [4.69, 9.17) is 9.47 Å². The topological polar surface area (TPSA) is 96.6 Å². The first-order chi connectivity index (χ1) is 12.7. The summed E-state index contributed by atoms with van der Waals surface area (Å²) in [5.74, 6) is -1.35. The van der Waals surface area contributed by atoms with Crippen molar-refractivity contribution >= 4 is 11.9 Å². The zero-order valence-electron chi connectivity index (χ0n) is 15.5. The fourth-order valence-electron chi connectivity index (χ4n) is 2.25. The monoisotopic (exact) mass is 374 g/mol. The molecule has 0 amide bonds. The maximum absolute atomic E-state index is 12.4. The smallest absolute Gasteiger partial charge is 0.332 e. The summed E-state index contributed by atoms with van der Waals surface area (Å²) in [6.45, 7) is 4.21. The third-order valence-corrected chi connectivity index (χ3v) is 3.39. The van der Waals surface area contributed by atoms with E-state index in [0.29, 0.717) is 0 Å². The standard InChI is InChI=1S/C19H22N2O6/c1-19(2,3)27-17(24)12-21-15(22)9-10-20(18(21)25)11-16(23)26-13-14-7-5-4-6-8-14/h4-10H,11-13H2,1-3H3. The van der Waals surface area contributed by atoms with E-state index in [1.54, 1.807) is 32.9 Å². The Bertz CT molecular complexity index is 922. The highest BCUT2D eigenvalue weighted by molar-refractivity contribution is 5.70. The molecule has 8 heteroatoms. The second-order valence-electron chi connectivity index (χ2n) is 6.88. The number of nitrogens with zero attached hydrogens (tertiary/aromatic N) is 2. The molecule has 2 rings (SSSR count). The lowest BCUT2D eigenvalue weighted by atomic mass is 10.2. The van der Waals surface area contributed by atoms with Crippen LogP contribution >= 0.6 is 0 Å². The van der Waals surface area contributed by atoms with Crippen LogP contribution < -0.4 is 11.2 Å². The van der Waals surface area contributed by atoms with Crippen molar-refractivity contribution in [1.82, 2.24) is 9.13 Å². The van der Waals surface area contributed by atoms with Crippen LogP contribution in [0.1, 0.15) is 26.3 Å². The number of hydrogen-bond acceptors (Lipinski definition) is 6. The summed E-state index contributed by atoms with van der Waals surface area (Å²) in [5, 5.41) is 0. The molecule has 0 unspecified atom stereocenters. The molecule has 144 valence electrons. The molecule has 8 nitrogen and oxygen atoms in total. The average Bonchev–Trinajstić information content (AvgIpc) is 2.59. The SMILES string of the molecule is CC(C)(C)OC(=O)Cn1c(=O)ccn(CC(=O)OCc2ccccc2)c1=O. The van der Waals surface area contributed by atoms with E-state index in [1.807, 2.05) is 18.2 Å². The first-order valence-electron chi connectivity index (χ1n) is 8.37. The fraction of sp³-hybridized carbons (Fsp3) is 0.368. The predicted octanol–water partition coefficient (Wildman–Crippen LogP) is 1.10. The molecule has 0 saturated heterocycles. The summed E-state index contributed by atoms with van der Waals surface area (Å²) in [7, 11) is 0. The van der Waals surface area contributed by atoms with E-state index >= 15 is 0 Å². The normalized spacial score (nSPS) is 11.1. The van der Waals surface area contributed by atoms with E-state index in [0.717, 1.165) is 20.8 Å². The van der Waals surface area contributed by atoms with Gasteiger partial charge in [-0.2, -0.15) is 0 Å². The van der Waals surface area contributed by atoms with Gasteiger partial charge in [-0.3, -0.25) is 19.0 Å². The number of carbonyl (C=O) groups excluding carboxylic acids is 2. The Morgan fingerprint density at radius 1 is 0.963 bits per heavy atom. The van der Waals surface area contributed by atoms with Crippen LogP contribution in [-0.4, -0.2) is 26.7 Å². The number of hydrogen-bond donors (Lipinski definition) is 0. The van der Waals surface area contributed by atoms with E-state index in [-0.39, 0.29) is 13.2 Å². The van der Waals surface area contributed by atoms with Gasteiger partial charge in [0.05, 0.1) is 0 Å². The largest absolute Gasteiger partial charge is 0.459 e. The van der Waals surface area contributed by atoms with E-state index in [9.17, 15) is 19.2 Å². The average molecular weight is 374 g/mol. The molecule has 2 aromatic rings. The van der Waals surface area contributed by atoms with Crippen LogP contribution in [0, 0.1) is 0 Å². The molecular weight excluding hydrogens is 352 g/mol. The summed E-state index contributed by atoms with van der Waals surface area (Å²) in [6.07, 6.45) is 1.19. The predicted molar refractivity (Wildman–Crippen MR) is 97.0 cm³/mol. The van der Waals surface area contributed by atoms with Gasteiger partial charge >= 0.3 is 17.6 Å². The molecule has 0 fully saturated rings. The maximum atomic E-state index is 12.4. The first-order valence-corrected chi connectivity index (χ1v) is 8.37. The van der Waals surface area contributed by atoms with Gasteiger partial charge in [0.15, 0.2) is 0 Å². The van der Waals surface area contributed by atoms with Crippen molar-refractivity contribution in [2.45, 2.75) is 46.1 Å². The molecule has 1 aromatic carbocycles. The highest BCUT2D eigenvalue weighted by Crippen LogP contribution is 2.07. The molecule has 0 saturated carbocycles. The minimum absolute atomic E-state index is 0.0754. The summed E-state index contributed by atoms with van der Waals surface area (Å²) >= 11 is 0. The zero-order valence-corrected chi connectivity index (χ0v) is 15.5. The van der Waals surface area contributed by atoms with Crippen molar-refractivity contribution in [2.24, 2.45) is 0 Å². The first kappa shape index (κ1) is 20.2. The van der Waals surface area contributed by atoms with Gasteiger partial charge in [0.2, 0.25) is 0 Å². The molecule has 0 radical (unpaired) electrons. The highest BCUT2D eigenvalue weighted by atomic mass is 16.6. The zero-order chi connectivity index (χ0) is 20.0. The number of ether oxygens (including phenoxy) is 2. The van der Waals surface area contributed by atoms with Crippen molar-refractivity contribution < 1.29 is 19.1 Å². The van der Waals surface area contributed by atoms with E-state index in [1.165, 1.54) is 6.20 Å². The quantitative estimate of drug-likeness (QED) is 0.703. The summed E-state index contributed by atoms with van der Waals surface area (Å²) < 4.78 is 12.0. The Kier molecular flexibility index (Phi) is 6.33. The molecule has 0 aliphatic heterocycles. The van der Waals surface area contributed by atoms with Crippen LogP contribution in [0.3, 0.4) is 0 Å². The molecule has 0 bridgehead atoms. The molecule has 0 N–H and O–H groups in total. The number of aromatic nitrogens is 2. The van der Waals surface area contributed by atoms with Gasteiger partial charge in [-0.25, -0.2) is 9.36 Å². The Morgan fingerprint density at radius 2 is 1.63 bits per heavy atom. The number of carbonyl (C=O) groups is 2. The van der Waals surface area contributed by atoms with E-state index < -0.39 is 35.3 Å². The van der Waals surface area contributed by atoms with Crippen LogP contribution in [0.15, 0.2) is 52.2 Å². The van der Waals surface area contributed by atoms with Gasteiger partial charge in [-0.15, -0.1) is 0 Å². The van der Waals surface area contributed by atoms with Crippen LogP contribution in [0.2, 0.25) is 0 Å². The Balaban J connectivity index is 2.07. The number of esters is 2. The summed E-state index contributed by atoms with van der Waals surface area (Å²) in [6, 6.07) is 10.2. The minimum Gasteiger partial charge on any atom is -0.459 e. The van der Waals surface area contributed by atoms with Crippen molar-refractivity contribution in [3.63, 3.8) is 0 Å². The van der Waals surface area contributed by atoms with Crippen molar-refractivity contribution in [3.8, 4) is 0 Å². The van der Waals surface area contributed by atoms with E-state index in [2.05, 4.69) is 0 Å². The molecular formula is C19H22N2O6. The lowest BCUT2D eigenvalue weighted by molar-refractivity contribution is -0.155.